The van der Waals surface area contributed by atoms with Crippen molar-refractivity contribution in [1.29, 1.82) is 0 Å². The van der Waals surface area contributed by atoms with Crippen molar-refractivity contribution in [2.45, 2.75) is 18.9 Å². The summed E-state index contributed by atoms with van der Waals surface area (Å²) in [6, 6.07) is 9.84. The van der Waals surface area contributed by atoms with Crippen LogP contribution in [-0.4, -0.2) is 62.8 Å². The van der Waals surface area contributed by atoms with E-state index < -0.39 is 0 Å². The number of likely N-dealkylation sites (tertiary alicyclic amines) is 2. The normalized spacial score (nSPS) is 23.5. The van der Waals surface area contributed by atoms with Gasteiger partial charge in [-0.1, -0.05) is 23.4 Å². The molecule has 1 aromatic carbocycles. The zero-order valence-corrected chi connectivity index (χ0v) is 13.5. The summed E-state index contributed by atoms with van der Waals surface area (Å²) in [6.07, 6.45) is 3.02. The van der Waals surface area contributed by atoms with Crippen LogP contribution in [0, 0.1) is 5.92 Å². The molecule has 0 aliphatic carbocycles. The number of amides is 2. The van der Waals surface area contributed by atoms with Crippen LogP contribution < -0.4 is 0 Å². The first-order valence-corrected chi connectivity index (χ1v) is 8.16. The largest absolute Gasteiger partial charge is 0.342 e. The van der Waals surface area contributed by atoms with Crippen LogP contribution in [0.1, 0.15) is 23.3 Å². The van der Waals surface area contributed by atoms with Crippen molar-refractivity contribution in [2.24, 2.45) is 5.92 Å². The summed E-state index contributed by atoms with van der Waals surface area (Å²) in [4.78, 5) is 28.2. The molecule has 1 aromatic heterocycles. The number of rotatable bonds is 2. The molecule has 7 heteroatoms. The van der Waals surface area contributed by atoms with E-state index in [1.807, 2.05) is 42.3 Å². The zero-order valence-electron chi connectivity index (χ0n) is 13.5. The Bertz CT molecular complexity index is 772. The van der Waals surface area contributed by atoms with E-state index in [1.165, 1.54) is 0 Å². The first kappa shape index (κ1) is 14.9. The van der Waals surface area contributed by atoms with Gasteiger partial charge in [-0.3, -0.25) is 9.59 Å². The number of piperidine rings is 1. The van der Waals surface area contributed by atoms with Gasteiger partial charge in [0.25, 0.3) is 5.91 Å². The molecule has 4 rings (SSSR count). The fourth-order valence-corrected chi connectivity index (χ4v) is 3.70. The molecule has 2 aromatic rings. The third-order valence-electron chi connectivity index (χ3n) is 5.04. The molecule has 0 radical (unpaired) electrons. The van der Waals surface area contributed by atoms with E-state index >= 15 is 0 Å². The van der Waals surface area contributed by atoms with E-state index in [0.717, 1.165) is 12.1 Å². The van der Waals surface area contributed by atoms with Gasteiger partial charge in [0.05, 0.1) is 11.9 Å². The first-order valence-electron chi connectivity index (χ1n) is 8.16. The number of carbonyl (C=O) groups is 2. The molecule has 0 saturated carbocycles. The SMILES string of the molecule is CN1C(=O)C[C@@H]2CN(C(=O)c3cn(-c4ccccc4)nn3)CC[C@@H]21. The van der Waals surface area contributed by atoms with Crippen molar-refractivity contribution in [1.82, 2.24) is 24.8 Å². The van der Waals surface area contributed by atoms with Crippen LogP contribution in [-0.2, 0) is 4.79 Å². The number of aromatic nitrogens is 3. The van der Waals surface area contributed by atoms with Crippen LogP contribution in [0.4, 0.5) is 0 Å². The molecule has 7 nitrogen and oxygen atoms in total. The van der Waals surface area contributed by atoms with Crippen molar-refractivity contribution >= 4 is 11.8 Å². The van der Waals surface area contributed by atoms with Crippen molar-refractivity contribution in [3.8, 4) is 5.69 Å². The van der Waals surface area contributed by atoms with Gasteiger partial charge in [-0.05, 0) is 18.6 Å². The van der Waals surface area contributed by atoms with Crippen LogP contribution in [0.15, 0.2) is 36.5 Å². The van der Waals surface area contributed by atoms with Crippen LogP contribution in [0.5, 0.6) is 0 Å². The lowest BCUT2D eigenvalue weighted by molar-refractivity contribution is -0.127. The Hall–Kier alpha value is -2.70. The number of carbonyl (C=O) groups excluding carboxylic acids is 2. The Morgan fingerprint density at radius 3 is 2.83 bits per heavy atom. The molecule has 2 atom stereocenters. The number of benzene rings is 1. The minimum Gasteiger partial charge on any atom is -0.342 e. The molecular weight excluding hydrogens is 306 g/mol. The van der Waals surface area contributed by atoms with Crippen LogP contribution >= 0.6 is 0 Å². The maximum Gasteiger partial charge on any atom is 0.276 e. The zero-order chi connectivity index (χ0) is 16.7. The second-order valence-electron chi connectivity index (χ2n) is 6.46. The van der Waals surface area contributed by atoms with E-state index in [4.69, 9.17) is 0 Å². The van der Waals surface area contributed by atoms with Crippen molar-refractivity contribution in [3.05, 3.63) is 42.2 Å². The smallest absolute Gasteiger partial charge is 0.276 e. The van der Waals surface area contributed by atoms with Crippen molar-refractivity contribution in [3.63, 3.8) is 0 Å². The Balaban J connectivity index is 1.49. The Kier molecular flexibility index (Phi) is 3.55. The van der Waals surface area contributed by atoms with Gasteiger partial charge in [-0.25, -0.2) is 4.68 Å². The van der Waals surface area contributed by atoms with Gasteiger partial charge in [0.15, 0.2) is 5.69 Å². The van der Waals surface area contributed by atoms with Crippen molar-refractivity contribution < 1.29 is 9.59 Å². The first-order chi connectivity index (χ1) is 11.6. The summed E-state index contributed by atoms with van der Waals surface area (Å²) in [5.74, 6) is 0.288. The number of hydrogen-bond acceptors (Lipinski definition) is 4. The van der Waals surface area contributed by atoms with Crippen LogP contribution in [0.3, 0.4) is 0 Å². The highest BCUT2D eigenvalue weighted by Crippen LogP contribution is 2.31. The minimum absolute atomic E-state index is 0.113. The maximum absolute atomic E-state index is 12.7. The highest BCUT2D eigenvalue weighted by Gasteiger charge is 2.42. The lowest BCUT2D eigenvalue weighted by Crippen LogP contribution is -2.47. The molecule has 0 N–H and O–H groups in total. The van der Waals surface area contributed by atoms with E-state index in [-0.39, 0.29) is 23.8 Å². The van der Waals surface area contributed by atoms with Gasteiger partial charge < -0.3 is 9.80 Å². The van der Waals surface area contributed by atoms with Gasteiger partial charge in [-0.2, -0.15) is 0 Å². The third kappa shape index (κ3) is 2.46. The molecule has 124 valence electrons. The fourth-order valence-electron chi connectivity index (χ4n) is 3.70. The molecule has 24 heavy (non-hydrogen) atoms. The molecule has 2 saturated heterocycles. The lowest BCUT2D eigenvalue weighted by atomic mass is 9.93. The summed E-state index contributed by atoms with van der Waals surface area (Å²) >= 11 is 0. The van der Waals surface area contributed by atoms with E-state index in [1.54, 1.807) is 15.8 Å². The quantitative estimate of drug-likeness (QED) is 0.824. The van der Waals surface area contributed by atoms with Crippen LogP contribution in [0.25, 0.3) is 5.69 Å². The number of nitrogens with zero attached hydrogens (tertiary/aromatic N) is 5. The molecule has 2 fully saturated rings. The summed E-state index contributed by atoms with van der Waals surface area (Å²) in [7, 11) is 1.86. The molecular formula is C17H19N5O2. The summed E-state index contributed by atoms with van der Waals surface area (Å²) < 4.78 is 1.60. The Morgan fingerprint density at radius 2 is 2.04 bits per heavy atom. The van der Waals surface area contributed by atoms with E-state index in [2.05, 4.69) is 10.3 Å². The van der Waals surface area contributed by atoms with Gasteiger partial charge in [0.1, 0.15) is 0 Å². The molecule has 0 spiro atoms. The Labute approximate surface area is 139 Å². The second kappa shape index (κ2) is 5.74. The Morgan fingerprint density at radius 1 is 1.25 bits per heavy atom. The van der Waals surface area contributed by atoms with Gasteiger partial charge in [0.2, 0.25) is 5.91 Å². The van der Waals surface area contributed by atoms with Crippen molar-refractivity contribution in [2.75, 3.05) is 20.1 Å². The van der Waals surface area contributed by atoms with Gasteiger partial charge in [-0.15, -0.1) is 5.10 Å². The minimum atomic E-state index is -0.113. The molecule has 0 bridgehead atoms. The molecule has 3 heterocycles. The predicted molar refractivity (Wildman–Crippen MR) is 86.5 cm³/mol. The number of hydrogen-bond donors (Lipinski definition) is 0. The molecule has 2 amide bonds. The standard InChI is InChI=1S/C17H19N5O2/c1-20-15-7-8-21(10-12(15)9-16(20)23)17(24)14-11-22(19-18-14)13-5-3-2-4-6-13/h2-6,11-12,15H,7-10H2,1H3/t12-,15+/m1/s1. The molecule has 2 aliphatic heterocycles. The monoisotopic (exact) mass is 325 g/mol. The number of fused-ring (bicyclic) bond motifs is 1. The number of para-hydroxylation sites is 1. The van der Waals surface area contributed by atoms with Crippen LogP contribution in [0.2, 0.25) is 0 Å². The highest BCUT2D eigenvalue weighted by molar-refractivity contribution is 5.92. The summed E-state index contributed by atoms with van der Waals surface area (Å²) in [5.41, 5.74) is 1.21. The third-order valence-corrected chi connectivity index (χ3v) is 5.04. The average Bonchev–Trinajstić information content (AvgIpc) is 3.21. The topological polar surface area (TPSA) is 71.3 Å². The summed E-state index contributed by atoms with van der Waals surface area (Å²) in [6.45, 7) is 1.26. The van der Waals surface area contributed by atoms with E-state index in [9.17, 15) is 9.59 Å². The predicted octanol–water partition coefficient (Wildman–Crippen LogP) is 0.960. The van der Waals surface area contributed by atoms with E-state index in [0.29, 0.717) is 25.2 Å². The second-order valence-corrected chi connectivity index (χ2v) is 6.46. The molecule has 2 aliphatic rings. The van der Waals surface area contributed by atoms with Gasteiger partial charge in [0, 0.05) is 38.5 Å². The highest BCUT2D eigenvalue weighted by atomic mass is 16.2. The summed E-state index contributed by atoms with van der Waals surface area (Å²) in [5, 5.41) is 8.08. The van der Waals surface area contributed by atoms with Gasteiger partial charge >= 0.3 is 0 Å². The lowest BCUT2D eigenvalue weighted by Gasteiger charge is -2.36. The fraction of sp³-hybridized carbons (Fsp3) is 0.412. The average molecular weight is 325 g/mol. The maximum atomic E-state index is 12.7. The molecule has 0 unspecified atom stereocenters.